The number of rotatable bonds is 21. The molecule has 1 aliphatic rings. The van der Waals surface area contributed by atoms with E-state index in [4.69, 9.17) is 21.1 Å². The van der Waals surface area contributed by atoms with Crippen LogP contribution >= 0.6 is 23.4 Å². The molecule has 7 heteroatoms. The van der Waals surface area contributed by atoms with Crippen molar-refractivity contribution >= 4 is 35.1 Å². The number of ketones is 1. The van der Waals surface area contributed by atoms with Crippen LogP contribution in [0.3, 0.4) is 0 Å². The first-order valence-corrected chi connectivity index (χ1v) is 17.3. The summed E-state index contributed by atoms with van der Waals surface area (Å²) in [5.74, 6) is 1.21. The lowest BCUT2D eigenvalue weighted by Crippen LogP contribution is -2.24. The molecule has 0 amide bonds. The molecule has 1 N–H and O–H groups in total. The topological polar surface area (TPSA) is 72.8 Å². The Morgan fingerprint density at radius 2 is 1.76 bits per heavy atom. The molecule has 3 rings (SSSR count). The molecule has 2 aromatic rings. The second-order valence-corrected chi connectivity index (χ2v) is 13.2. The predicted molar refractivity (Wildman–Crippen MR) is 174 cm³/mol. The first-order valence-electron chi connectivity index (χ1n) is 15.9. The van der Waals surface area contributed by atoms with Gasteiger partial charge in [-0.2, -0.15) is 11.8 Å². The molecule has 5 nitrogen and oxygen atoms in total. The number of aliphatic hydroxyl groups is 1. The van der Waals surface area contributed by atoms with E-state index >= 15 is 0 Å². The van der Waals surface area contributed by atoms with Crippen molar-refractivity contribution in [3.05, 3.63) is 65.2 Å². The fraction of sp³-hybridized carbons (Fsp3) is 0.600. The normalized spacial score (nSPS) is 18.1. The highest BCUT2D eigenvalue weighted by atomic mass is 35.5. The van der Waals surface area contributed by atoms with Crippen LogP contribution in [0, 0.1) is 5.92 Å². The molecule has 1 fully saturated rings. The van der Waals surface area contributed by atoms with E-state index in [0.29, 0.717) is 35.3 Å². The maximum atomic E-state index is 13.0. The molecule has 0 radical (unpaired) electrons. The SMILES string of the molecule is CCCCCCCCOC(=O)C(CCCCCC1C(=O)CCC1SCC(O)COc1cccc(Cl)c1)c1ccccc1. The molecule has 2 aromatic carbocycles. The summed E-state index contributed by atoms with van der Waals surface area (Å²) in [6, 6.07) is 17.1. The van der Waals surface area contributed by atoms with E-state index in [-0.39, 0.29) is 29.7 Å². The van der Waals surface area contributed by atoms with E-state index < -0.39 is 6.10 Å². The van der Waals surface area contributed by atoms with Crippen molar-refractivity contribution in [3.63, 3.8) is 0 Å². The summed E-state index contributed by atoms with van der Waals surface area (Å²) in [4.78, 5) is 25.6. The Balaban J connectivity index is 1.36. The molecule has 4 atom stereocenters. The lowest BCUT2D eigenvalue weighted by Gasteiger charge is -2.20. The highest BCUT2D eigenvalue weighted by Crippen LogP contribution is 2.36. The number of Topliss-reactive ketones (excluding diaryl/α,β-unsaturated/α-hetero) is 1. The van der Waals surface area contributed by atoms with Crippen LogP contribution in [0.25, 0.3) is 0 Å². The lowest BCUT2D eigenvalue weighted by atomic mass is 9.92. The first kappa shape index (κ1) is 34.5. The van der Waals surface area contributed by atoms with Crippen molar-refractivity contribution in [2.24, 2.45) is 5.92 Å². The average Bonchev–Trinajstić information content (AvgIpc) is 3.35. The fourth-order valence-electron chi connectivity index (χ4n) is 5.61. The maximum Gasteiger partial charge on any atom is 0.313 e. The molecule has 0 aromatic heterocycles. The molecule has 1 saturated carbocycles. The third kappa shape index (κ3) is 12.7. The number of hydrogen-bond acceptors (Lipinski definition) is 6. The summed E-state index contributed by atoms with van der Waals surface area (Å²) >= 11 is 7.69. The minimum atomic E-state index is -0.610. The van der Waals surface area contributed by atoms with Gasteiger partial charge in [0.05, 0.1) is 18.6 Å². The van der Waals surface area contributed by atoms with E-state index in [9.17, 15) is 14.7 Å². The van der Waals surface area contributed by atoms with E-state index in [1.54, 1.807) is 23.9 Å². The van der Waals surface area contributed by atoms with Crippen molar-refractivity contribution in [1.29, 1.82) is 0 Å². The van der Waals surface area contributed by atoms with E-state index in [2.05, 4.69) is 6.92 Å². The van der Waals surface area contributed by atoms with Crippen LogP contribution in [0.4, 0.5) is 0 Å². The summed E-state index contributed by atoms with van der Waals surface area (Å²) in [5, 5.41) is 11.3. The van der Waals surface area contributed by atoms with Crippen LogP contribution < -0.4 is 4.74 Å². The van der Waals surface area contributed by atoms with Gasteiger partial charge in [-0.25, -0.2) is 0 Å². The molecule has 0 saturated heterocycles. The monoisotopic (exact) mass is 616 g/mol. The second kappa shape index (κ2) is 20.0. The van der Waals surface area contributed by atoms with Gasteiger partial charge in [0.25, 0.3) is 0 Å². The van der Waals surface area contributed by atoms with Gasteiger partial charge in [0.2, 0.25) is 0 Å². The number of ether oxygens (including phenoxy) is 2. The molecule has 0 bridgehead atoms. The fourth-order valence-corrected chi connectivity index (χ4v) is 7.16. The number of aliphatic hydroxyl groups excluding tert-OH is 1. The van der Waals surface area contributed by atoms with Crippen molar-refractivity contribution in [1.82, 2.24) is 0 Å². The molecule has 232 valence electrons. The van der Waals surface area contributed by atoms with Crippen molar-refractivity contribution in [2.75, 3.05) is 19.0 Å². The van der Waals surface area contributed by atoms with Gasteiger partial charge in [-0.05, 0) is 49.4 Å². The highest BCUT2D eigenvalue weighted by molar-refractivity contribution is 8.00. The number of carbonyl (C=O) groups excluding carboxylic acids is 2. The van der Waals surface area contributed by atoms with Crippen LogP contribution in [0.15, 0.2) is 54.6 Å². The third-order valence-corrected chi connectivity index (χ3v) is 9.82. The van der Waals surface area contributed by atoms with Gasteiger partial charge in [0.15, 0.2) is 0 Å². The zero-order valence-corrected chi connectivity index (χ0v) is 26.8. The number of halogens is 1. The van der Waals surface area contributed by atoms with E-state index in [1.165, 1.54) is 25.7 Å². The summed E-state index contributed by atoms with van der Waals surface area (Å²) in [5.41, 5.74) is 1.02. The zero-order valence-electron chi connectivity index (χ0n) is 25.2. The molecule has 0 spiro atoms. The van der Waals surface area contributed by atoms with Crippen LogP contribution in [0.5, 0.6) is 5.75 Å². The Hall–Kier alpha value is -2.02. The van der Waals surface area contributed by atoms with Gasteiger partial charge in [-0.15, -0.1) is 0 Å². The average molecular weight is 617 g/mol. The Bertz CT molecular complexity index is 1050. The summed E-state index contributed by atoms with van der Waals surface area (Å²) in [7, 11) is 0. The standard InChI is InChI=1S/C35H49ClO5S/c1-2-3-4-5-6-13-23-40-35(39)31(27-15-9-7-10-16-27)19-11-8-12-20-32-33(38)21-22-34(32)42-26-29(37)25-41-30-18-14-17-28(36)24-30/h7,9-10,14-18,24,29,31-32,34,37H,2-6,8,11-13,19-23,25-26H2,1H3. The molecular formula is C35H49ClO5S. The Morgan fingerprint density at radius 1 is 1.00 bits per heavy atom. The molecule has 0 aliphatic heterocycles. The van der Waals surface area contributed by atoms with Crippen molar-refractivity contribution < 1.29 is 24.2 Å². The Morgan fingerprint density at radius 3 is 2.55 bits per heavy atom. The number of esters is 1. The minimum Gasteiger partial charge on any atom is -0.491 e. The molecule has 42 heavy (non-hydrogen) atoms. The third-order valence-electron chi connectivity index (χ3n) is 8.02. The number of thioether (sulfide) groups is 1. The number of benzene rings is 2. The minimum absolute atomic E-state index is 0.0447. The van der Waals surface area contributed by atoms with Crippen LogP contribution in [-0.4, -0.2) is 47.2 Å². The van der Waals surface area contributed by atoms with E-state index in [1.807, 2.05) is 42.5 Å². The Kier molecular flexibility index (Phi) is 16.4. The van der Waals surface area contributed by atoms with Crippen LogP contribution in [0.2, 0.25) is 5.02 Å². The lowest BCUT2D eigenvalue weighted by molar-refractivity contribution is -0.145. The van der Waals surface area contributed by atoms with Gasteiger partial charge < -0.3 is 14.6 Å². The van der Waals surface area contributed by atoms with Crippen LogP contribution in [0.1, 0.15) is 102 Å². The predicted octanol–water partition coefficient (Wildman–Crippen LogP) is 8.80. The van der Waals surface area contributed by atoms with Gasteiger partial charge in [0.1, 0.15) is 18.1 Å². The number of hydrogen-bond donors (Lipinski definition) is 1. The quantitative estimate of drug-likeness (QED) is 0.112. The molecule has 4 unspecified atom stereocenters. The Labute approximate surface area is 262 Å². The number of carbonyl (C=O) groups is 2. The van der Waals surface area contributed by atoms with Gasteiger partial charge in [-0.1, -0.05) is 106 Å². The molecule has 0 heterocycles. The largest absolute Gasteiger partial charge is 0.491 e. The smallest absolute Gasteiger partial charge is 0.313 e. The molecular weight excluding hydrogens is 568 g/mol. The van der Waals surface area contributed by atoms with Crippen molar-refractivity contribution in [2.45, 2.75) is 108 Å². The summed E-state index contributed by atoms with van der Waals surface area (Å²) in [6.45, 7) is 2.91. The van der Waals surface area contributed by atoms with Gasteiger partial charge >= 0.3 is 5.97 Å². The van der Waals surface area contributed by atoms with Gasteiger partial charge in [-0.3, -0.25) is 9.59 Å². The van der Waals surface area contributed by atoms with Crippen LogP contribution in [-0.2, 0) is 14.3 Å². The number of unbranched alkanes of at least 4 members (excludes halogenated alkanes) is 7. The zero-order chi connectivity index (χ0) is 30.0. The second-order valence-electron chi connectivity index (χ2n) is 11.4. The van der Waals surface area contributed by atoms with Crippen molar-refractivity contribution in [3.8, 4) is 5.75 Å². The van der Waals surface area contributed by atoms with E-state index in [0.717, 1.165) is 56.9 Å². The summed E-state index contributed by atoms with van der Waals surface area (Å²) < 4.78 is 11.4. The summed E-state index contributed by atoms with van der Waals surface area (Å²) in [6.07, 6.45) is 12.4. The first-order chi connectivity index (χ1) is 20.5. The van der Waals surface area contributed by atoms with Gasteiger partial charge in [0, 0.05) is 28.4 Å². The highest BCUT2D eigenvalue weighted by Gasteiger charge is 2.34. The molecule has 1 aliphatic carbocycles. The maximum absolute atomic E-state index is 13.0.